The van der Waals surface area contributed by atoms with Crippen molar-refractivity contribution >= 4 is 33.5 Å². The molecule has 0 saturated carbocycles. The molecule has 2 aromatic rings. The number of thioether (sulfide) groups is 1. The second-order valence-corrected chi connectivity index (χ2v) is 6.74. The van der Waals surface area contributed by atoms with Crippen LogP contribution in [-0.4, -0.2) is 22.8 Å². The van der Waals surface area contributed by atoms with Gasteiger partial charge in [0.25, 0.3) is 0 Å². The monoisotopic (exact) mass is 365 g/mol. The van der Waals surface area contributed by atoms with Gasteiger partial charge in [0, 0.05) is 17.5 Å². The number of halogens is 1. The quantitative estimate of drug-likeness (QED) is 0.729. The Morgan fingerprint density at radius 1 is 1.14 bits per heavy atom. The van der Waals surface area contributed by atoms with Crippen LogP contribution >= 0.6 is 27.7 Å². The SMILES string of the molecule is CCCc1nc(-c2ccc(SCC)cc2)nc(NC)c1Br. The van der Waals surface area contributed by atoms with Crippen molar-refractivity contribution in [2.24, 2.45) is 0 Å². The summed E-state index contributed by atoms with van der Waals surface area (Å²) in [6.45, 7) is 4.32. The summed E-state index contributed by atoms with van der Waals surface area (Å²) in [4.78, 5) is 10.6. The van der Waals surface area contributed by atoms with Crippen molar-refractivity contribution < 1.29 is 0 Å². The first-order chi connectivity index (χ1) is 10.2. The molecule has 5 heteroatoms. The number of benzene rings is 1. The molecule has 1 aromatic heterocycles. The van der Waals surface area contributed by atoms with Crippen molar-refractivity contribution in [3.8, 4) is 11.4 Å². The molecule has 0 saturated heterocycles. The Balaban J connectivity index is 2.40. The van der Waals surface area contributed by atoms with Gasteiger partial charge in [-0.15, -0.1) is 11.8 Å². The summed E-state index contributed by atoms with van der Waals surface area (Å²) in [7, 11) is 1.88. The molecule has 0 radical (unpaired) electrons. The number of nitrogens with one attached hydrogen (secondary N) is 1. The molecule has 21 heavy (non-hydrogen) atoms. The number of hydrogen-bond acceptors (Lipinski definition) is 4. The van der Waals surface area contributed by atoms with Crippen molar-refractivity contribution in [1.82, 2.24) is 9.97 Å². The molecule has 1 heterocycles. The van der Waals surface area contributed by atoms with Gasteiger partial charge in [0.1, 0.15) is 5.82 Å². The number of aryl methyl sites for hydroxylation is 1. The van der Waals surface area contributed by atoms with E-state index in [1.807, 2.05) is 18.8 Å². The normalized spacial score (nSPS) is 10.7. The number of rotatable bonds is 6. The predicted molar refractivity (Wildman–Crippen MR) is 95.1 cm³/mol. The zero-order valence-electron chi connectivity index (χ0n) is 12.6. The van der Waals surface area contributed by atoms with E-state index in [0.29, 0.717) is 0 Å². The van der Waals surface area contributed by atoms with Gasteiger partial charge in [-0.25, -0.2) is 9.97 Å². The zero-order chi connectivity index (χ0) is 15.2. The first kappa shape index (κ1) is 16.3. The fraction of sp³-hybridized carbons (Fsp3) is 0.375. The average molecular weight is 366 g/mol. The van der Waals surface area contributed by atoms with Gasteiger partial charge in [0.2, 0.25) is 0 Å². The minimum Gasteiger partial charge on any atom is -0.372 e. The van der Waals surface area contributed by atoms with E-state index in [4.69, 9.17) is 4.98 Å². The first-order valence-electron chi connectivity index (χ1n) is 7.17. The zero-order valence-corrected chi connectivity index (χ0v) is 15.0. The highest BCUT2D eigenvalue weighted by molar-refractivity contribution is 9.10. The van der Waals surface area contributed by atoms with E-state index < -0.39 is 0 Å². The van der Waals surface area contributed by atoms with E-state index in [1.165, 1.54) is 4.90 Å². The average Bonchev–Trinajstić information content (AvgIpc) is 2.51. The Labute approximate surface area is 139 Å². The van der Waals surface area contributed by atoms with Crippen LogP contribution in [0.25, 0.3) is 11.4 Å². The van der Waals surface area contributed by atoms with Crippen LogP contribution in [0, 0.1) is 0 Å². The lowest BCUT2D eigenvalue weighted by molar-refractivity contribution is 0.869. The second-order valence-electron chi connectivity index (χ2n) is 4.61. The third-order valence-electron chi connectivity index (χ3n) is 3.07. The summed E-state index contributed by atoms with van der Waals surface area (Å²) in [6.07, 6.45) is 2.00. The molecule has 112 valence electrons. The van der Waals surface area contributed by atoms with Crippen molar-refractivity contribution in [2.75, 3.05) is 18.1 Å². The molecule has 0 amide bonds. The van der Waals surface area contributed by atoms with E-state index in [1.54, 1.807) is 0 Å². The van der Waals surface area contributed by atoms with E-state index in [9.17, 15) is 0 Å². The molecule has 0 unspecified atom stereocenters. The van der Waals surface area contributed by atoms with Crippen LogP contribution < -0.4 is 5.32 Å². The fourth-order valence-corrected chi connectivity index (χ4v) is 3.29. The predicted octanol–water partition coefficient (Wildman–Crippen LogP) is 5.01. The number of anilines is 1. The fourth-order valence-electron chi connectivity index (χ4n) is 2.06. The van der Waals surface area contributed by atoms with Gasteiger partial charge in [0.15, 0.2) is 5.82 Å². The number of aromatic nitrogens is 2. The van der Waals surface area contributed by atoms with Crippen LogP contribution in [0.5, 0.6) is 0 Å². The summed E-state index contributed by atoms with van der Waals surface area (Å²) in [6, 6.07) is 8.45. The Morgan fingerprint density at radius 2 is 1.86 bits per heavy atom. The molecule has 0 aliphatic rings. The molecule has 3 nitrogen and oxygen atoms in total. The summed E-state index contributed by atoms with van der Waals surface area (Å²) in [5.74, 6) is 2.70. The van der Waals surface area contributed by atoms with Gasteiger partial charge in [0.05, 0.1) is 10.2 Å². The van der Waals surface area contributed by atoms with Crippen LogP contribution in [0.1, 0.15) is 26.0 Å². The third-order valence-corrected chi connectivity index (χ3v) is 4.79. The second kappa shape index (κ2) is 7.80. The van der Waals surface area contributed by atoms with Gasteiger partial charge in [-0.3, -0.25) is 0 Å². The maximum atomic E-state index is 4.71. The third kappa shape index (κ3) is 3.98. The van der Waals surface area contributed by atoms with Gasteiger partial charge < -0.3 is 5.32 Å². The smallest absolute Gasteiger partial charge is 0.161 e. The Bertz CT molecular complexity index is 599. The molecule has 1 N–H and O–H groups in total. The number of hydrogen-bond donors (Lipinski definition) is 1. The Kier molecular flexibility index (Phi) is 6.06. The molecule has 2 rings (SSSR count). The van der Waals surface area contributed by atoms with E-state index in [-0.39, 0.29) is 0 Å². The van der Waals surface area contributed by atoms with E-state index >= 15 is 0 Å². The van der Waals surface area contributed by atoms with Crippen LogP contribution in [0.4, 0.5) is 5.82 Å². The lowest BCUT2D eigenvalue weighted by Gasteiger charge is -2.11. The van der Waals surface area contributed by atoms with Crippen molar-refractivity contribution in [3.05, 3.63) is 34.4 Å². The van der Waals surface area contributed by atoms with E-state index in [0.717, 1.165) is 46.0 Å². The minimum atomic E-state index is 0.777. The molecule has 0 fully saturated rings. The standard InChI is InChI=1S/C16H20BrN3S/c1-4-6-13-14(17)16(18-3)20-15(19-13)11-7-9-12(10-8-11)21-5-2/h7-10H,4-6H2,1-3H3,(H,18,19,20). The summed E-state index contributed by atoms with van der Waals surface area (Å²) >= 11 is 5.43. The first-order valence-corrected chi connectivity index (χ1v) is 8.94. The Morgan fingerprint density at radius 3 is 2.43 bits per heavy atom. The lowest BCUT2D eigenvalue weighted by Crippen LogP contribution is -2.03. The maximum Gasteiger partial charge on any atom is 0.161 e. The highest BCUT2D eigenvalue weighted by Gasteiger charge is 2.12. The van der Waals surface area contributed by atoms with Crippen molar-refractivity contribution in [3.63, 3.8) is 0 Å². The minimum absolute atomic E-state index is 0.777. The highest BCUT2D eigenvalue weighted by atomic mass is 79.9. The molecule has 0 aliphatic heterocycles. The summed E-state index contributed by atoms with van der Waals surface area (Å²) in [5, 5.41) is 3.13. The summed E-state index contributed by atoms with van der Waals surface area (Å²) < 4.78 is 0.966. The van der Waals surface area contributed by atoms with Crippen molar-refractivity contribution in [1.29, 1.82) is 0 Å². The van der Waals surface area contributed by atoms with Gasteiger partial charge in [-0.2, -0.15) is 0 Å². The highest BCUT2D eigenvalue weighted by Crippen LogP contribution is 2.28. The van der Waals surface area contributed by atoms with Gasteiger partial charge in [-0.05, 0) is 40.2 Å². The van der Waals surface area contributed by atoms with Crippen molar-refractivity contribution in [2.45, 2.75) is 31.6 Å². The largest absolute Gasteiger partial charge is 0.372 e. The van der Waals surface area contributed by atoms with Gasteiger partial charge in [-0.1, -0.05) is 32.4 Å². The molecule has 0 atom stereocenters. The maximum absolute atomic E-state index is 4.71. The van der Waals surface area contributed by atoms with E-state index in [2.05, 4.69) is 64.3 Å². The van der Waals surface area contributed by atoms with Crippen LogP contribution in [0.15, 0.2) is 33.6 Å². The molecular formula is C16H20BrN3S. The molecule has 0 aliphatic carbocycles. The topological polar surface area (TPSA) is 37.8 Å². The number of nitrogens with zero attached hydrogens (tertiary/aromatic N) is 2. The molecule has 1 aromatic carbocycles. The molecule has 0 spiro atoms. The van der Waals surface area contributed by atoms with Crippen LogP contribution in [-0.2, 0) is 6.42 Å². The summed E-state index contributed by atoms with van der Waals surface area (Å²) in [5.41, 5.74) is 2.11. The van der Waals surface area contributed by atoms with Crippen LogP contribution in [0.2, 0.25) is 0 Å². The van der Waals surface area contributed by atoms with Gasteiger partial charge >= 0.3 is 0 Å². The molecule has 0 bridgehead atoms. The lowest BCUT2D eigenvalue weighted by atomic mass is 10.2. The molecular weight excluding hydrogens is 346 g/mol. The Hall–Kier alpha value is -1.07. The van der Waals surface area contributed by atoms with Crippen LogP contribution in [0.3, 0.4) is 0 Å².